The van der Waals surface area contributed by atoms with Gasteiger partial charge < -0.3 is 15.1 Å². The van der Waals surface area contributed by atoms with Crippen LogP contribution in [0.5, 0.6) is 0 Å². The first-order chi connectivity index (χ1) is 12.6. The molecule has 2 aliphatic rings. The number of amides is 2. The van der Waals surface area contributed by atoms with Gasteiger partial charge >= 0.3 is 0 Å². The summed E-state index contributed by atoms with van der Waals surface area (Å²) < 4.78 is 0. The van der Waals surface area contributed by atoms with Crippen molar-refractivity contribution in [2.24, 2.45) is 11.8 Å². The number of rotatable bonds is 6. The SMILES string of the molecule is CCc1cccc(CC)c1NC(=O)C1CC1C(=O)N1CCN(CC)CC1. The Labute approximate surface area is 156 Å². The highest BCUT2D eigenvalue weighted by Crippen LogP contribution is 2.41. The van der Waals surface area contributed by atoms with E-state index in [-0.39, 0.29) is 23.7 Å². The molecule has 1 heterocycles. The number of benzene rings is 1. The van der Waals surface area contributed by atoms with Crippen LogP contribution in [0.25, 0.3) is 0 Å². The molecule has 0 bridgehead atoms. The van der Waals surface area contributed by atoms with E-state index in [9.17, 15) is 9.59 Å². The number of anilines is 1. The molecule has 2 amide bonds. The molecule has 1 aromatic rings. The van der Waals surface area contributed by atoms with E-state index >= 15 is 0 Å². The maximum atomic E-state index is 12.7. The standard InChI is InChI=1S/C21H31N3O2/c1-4-15-8-7-9-16(5-2)19(15)22-20(25)17-14-18(17)21(26)24-12-10-23(6-3)11-13-24/h7-9,17-18H,4-6,10-14H2,1-3H3,(H,22,25). The molecule has 0 radical (unpaired) electrons. The summed E-state index contributed by atoms with van der Waals surface area (Å²) in [5.74, 6) is -0.116. The van der Waals surface area contributed by atoms with Gasteiger partial charge in [0.15, 0.2) is 0 Å². The fourth-order valence-corrected chi connectivity index (χ4v) is 3.90. The summed E-state index contributed by atoms with van der Waals surface area (Å²) in [6.45, 7) is 10.8. The van der Waals surface area contributed by atoms with Crippen molar-refractivity contribution in [1.82, 2.24) is 9.80 Å². The zero-order chi connectivity index (χ0) is 18.7. The minimum Gasteiger partial charge on any atom is -0.340 e. The molecule has 0 spiro atoms. The van der Waals surface area contributed by atoms with E-state index in [2.05, 4.69) is 43.1 Å². The molecule has 5 heteroatoms. The van der Waals surface area contributed by atoms with Crippen LogP contribution in [0.2, 0.25) is 0 Å². The molecule has 1 aromatic carbocycles. The zero-order valence-electron chi connectivity index (χ0n) is 16.3. The Balaban J connectivity index is 1.59. The zero-order valence-corrected chi connectivity index (χ0v) is 16.3. The molecule has 2 unspecified atom stereocenters. The highest BCUT2D eigenvalue weighted by Gasteiger charge is 2.49. The van der Waals surface area contributed by atoms with Crippen molar-refractivity contribution in [1.29, 1.82) is 0 Å². The highest BCUT2D eigenvalue weighted by molar-refractivity contribution is 6.00. The molecule has 142 valence electrons. The molecule has 1 aliphatic carbocycles. The number of nitrogens with one attached hydrogen (secondary N) is 1. The second kappa shape index (κ2) is 8.21. The Morgan fingerprint density at radius 1 is 1.00 bits per heavy atom. The van der Waals surface area contributed by atoms with E-state index in [1.165, 1.54) is 0 Å². The first-order valence-corrected chi connectivity index (χ1v) is 10.0. The molecular weight excluding hydrogens is 326 g/mol. The number of para-hydroxylation sites is 1. The number of carbonyl (C=O) groups is 2. The lowest BCUT2D eigenvalue weighted by Crippen LogP contribution is -2.49. The van der Waals surface area contributed by atoms with Gasteiger partial charge in [0.1, 0.15) is 0 Å². The van der Waals surface area contributed by atoms with Crippen molar-refractivity contribution in [2.75, 3.05) is 38.0 Å². The maximum absolute atomic E-state index is 12.7. The van der Waals surface area contributed by atoms with Gasteiger partial charge in [-0.1, -0.05) is 39.0 Å². The Morgan fingerprint density at radius 2 is 1.62 bits per heavy atom. The summed E-state index contributed by atoms with van der Waals surface area (Å²) in [5, 5.41) is 3.13. The lowest BCUT2D eigenvalue weighted by molar-refractivity contribution is -0.135. The Bertz CT molecular complexity index is 643. The number of hydrogen-bond acceptors (Lipinski definition) is 3. The highest BCUT2D eigenvalue weighted by atomic mass is 16.2. The summed E-state index contributed by atoms with van der Waals surface area (Å²) in [6.07, 6.45) is 2.46. The van der Waals surface area contributed by atoms with E-state index < -0.39 is 0 Å². The maximum Gasteiger partial charge on any atom is 0.228 e. The van der Waals surface area contributed by atoms with Crippen molar-refractivity contribution < 1.29 is 9.59 Å². The molecule has 1 saturated carbocycles. The van der Waals surface area contributed by atoms with Crippen molar-refractivity contribution in [3.8, 4) is 0 Å². The fraction of sp³-hybridized carbons (Fsp3) is 0.619. The monoisotopic (exact) mass is 357 g/mol. The molecule has 5 nitrogen and oxygen atoms in total. The lowest BCUT2D eigenvalue weighted by Gasteiger charge is -2.34. The third-order valence-corrected chi connectivity index (χ3v) is 5.82. The third kappa shape index (κ3) is 3.93. The van der Waals surface area contributed by atoms with Gasteiger partial charge in [-0.15, -0.1) is 0 Å². The van der Waals surface area contributed by atoms with Crippen LogP contribution in [0.1, 0.15) is 38.3 Å². The molecule has 3 rings (SSSR count). The number of likely N-dealkylation sites (N-methyl/N-ethyl adjacent to an activating group) is 1. The Morgan fingerprint density at radius 3 is 2.15 bits per heavy atom. The number of hydrogen-bond donors (Lipinski definition) is 1. The van der Waals surface area contributed by atoms with Crippen LogP contribution < -0.4 is 5.32 Å². The fourth-order valence-electron chi connectivity index (χ4n) is 3.90. The van der Waals surface area contributed by atoms with Gasteiger partial charge in [0.2, 0.25) is 11.8 Å². The number of carbonyl (C=O) groups excluding carboxylic acids is 2. The van der Waals surface area contributed by atoms with Gasteiger partial charge in [-0.3, -0.25) is 9.59 Å². The summed E-state index contributed by atoms with van der Waals surface area (Å²) in [6, 6.07) is 6.18. The second-order valence-corrected chi connectivity index (χ2v) is 7.36. The predicted octanol–water partition coefficient (Wildman–Crippen LogP) is 2.55. The van der Waals surface area contributed by atoms with Gasteiger partial charge in [0.05, 0.1) is 11.8 Å². The average molecular weight is 357 g/mol. The first kappa shape index (κ1) is 18.9. The number of aryl methyl sites for hydroxylation is 2. The summed E-state index contributed by atoms with van der Waals surface area (Å²) in [7, 11) is 0. The van der Waals surface area contributed by atoms with Crippen LogP contribution in [0.3, 0.4) is 0 Å². The minimum absolute atomic E-state index is 0.00569. The number of piperazine rings is 1. The molecule has 0 aromatic heterocycles. The molecule has 26 heavy (non-hydrogen) atoms. The van der Waals surface area contributed by atoms with Gasteiger partial charge in [0, 0.05) is 31.9 Å². The molecule has 2 atom stereocenters. The predicted molar refractivity (Wildman–Crippen MR) is 104 cm³/mol. The number of nitrogens with zero attached hydrogens (tertiary/aromatic N) is 2. The van der Waals surface area contributed by atoms with Crippen LogP contribution >= 0.6 is 0 Å². The topological polar surface area (TPSA) is 52.7 Å². The second-order valence-electron chi connectivity index (χ2n) is 7.36. The molecule has 2 fully saturated rings. The van der Waals surface area contributed by atoms with E-state index in [0.717, 1.165) is 62.4 Å². The normalized spacial score (nSPS) is 23.0. The van der Waals surface area contributed by atoms with Crippen LogP contribution in [-0.2, 0) is 22.4 Å². The van der Waals surface area contributed by atoms with Crippen molar-refractivity contribution in [3.63, 3.8) is 0 Å². The quantitative estimate of drug-likeness (QED) is 0.851. The van der Waals surface area contributed by atoms with Gasteiger partial charge in [-0.05, 0) is 36.9 Å². The lowest BCUT2D eigenvalue weighted by atomic mass is 10.0. The van der Waals surface area contributed by atoms with Crippen LogP contribution in [-0.4, -0.2) is 54.3 Å². The van der Waals surface area contributed by atoms with Crippen LogP contribution in [0, 0.1) is 11.8 Å². The van der Waals surface area contributed by atoms with Gasteiger partial charge in [-0.2, -0.15) is 0 Å². The van der Waals surface area contributed by atoms with Gasteiger partial charge in [0.25, 0.3) is 0 Å². The molecule has 1 saturated heterocycles. The summed E-state index contributed by atoms with van der Waals surface area (Å²) in [4.78, 5) is 29.7. The van der Waals surface area contributed by atoms with E-state index in [1.807, 2.05) is 11.0 Å². The smallest absolute Gasteiger partial charge is 0.228 e. The Hall–Kier alpha value is -1.88. The summed E-state index contributed by atoms with van der Waals surface area (Å²) in [5.41, 5.74) is 3.28. The van der Waals surface area contributed by atoms with Gasteiger partial charge in [-0.25, -0.2) is 0 Å². The van der Waals surface area contributed by atoms with E-state index in [0.29, 0.717) is 6.42 Å². The van der Waals surface area contributed by atoms with Crippen molar-refractivity contribution in [3.05, 3.63) is 29.3 Å². The van der Waals surface area contributed by atoms with E-state index in [4.69, 9.17) is 0 Å². The third-order valence-electron chi connectivity index (χ3n) is 5.82. The summed E-state index contributed by atoms with van der Waals surface area (Å²) >= 11 is 0. The molecule has 1 aliphatic heterocycles. The van der Waals surface area contributed by atoms with Crippen LogP contribution in [0.15, 0.2) is 18.2 Å². The van der Waals surface area contributed by atoms with Crippen molar-refractivity contribution in [2.45, 2.75) is 40.0 Å². The van der Waals surface area contributed by atoms with Crippen molar-refractivity contribution >= 4 is 17.5 Å². The minimum atomic E-state index is -0.165. The molecular formula is C21H31N3O2. The largest absolute Gasteiger partial charge is 0.340 e. The van der Waals surface area contributed by atoms with Crippen LogP contribution in [0.4, 0.5) is 5.69 Å². The molecule has 1 N–H and O–H groups in total. The van der Waals surface area contributed by atoms with E-state index in [1.54, 1.807) is 0 Å². The average Bonchev–Trinajstić information content (AvgIpc) is 3.48. The Kier molecular flexibility index (Phi) is 5.97. The first-order valence-electron chi connectivity index (χ1n) is 10.0.